The average molecular weight is 462 g/mol. The Hall–Kier alpha value is -3.45. The molecule has 166 valence electrons. The third-order valence-electron chi connectivity index (χ3n) is 5.18. The molecule has 1 saturated carbocycles. The Morgan fingerprint density at radius 2 is 2.25 bits per heavy atom. The fourth-order valence-electron chi connectivity index (χ4n) is 3.60. The van der Waals surface area contributed by atoms with Crippen LogP contribution in [0.2, 0.25) is 5.02 Å². The lowest BCUT2D eigenvalue weighted by atomic mass is 9.84. The normalized spacial score (nSPS) is 23.2. The van der Waals surface area contributed by atoms with Crippen molar-refractivity contribution < 1.29 is 23.0 Å². The van der Waals surface area contributed by atoms with Crippen LogP contribution in [-0.4, -0.2) is 41.0 Å². The molecule has 2 aliphatic rings. The number of aliphatic imine (C=N–C) groups is 1. The SMILES string of the molecule is CC#CCOc1cnc(C(=O)Nc2ccc(Cl)c([C@]3(C(F)F)N=C(N)OC4C[C@H]43)c2)cn1. The standard InChI is InChI=1S/C21H18ClF2N5O3/c1-2-3-6-31-17-10-26-15(9-27-17)18(30)28-11-4-5-14(22)12(7-11)21(19(23)24)13-8-16(13)32-20(25)29-21/h4-5,7,9-10,13,16,19H,6,8H2,1H3,(H2,25,29)(H,28,30)/t13-,16?,21+/m1/s1. The number of fused-ring (bicyclic) bond motifs is 1. The maximum atomic E-state index is 14.3. The second-order valence-electron chi connectivity index (χ2n) is 7.18. The van der Waals surface area contributed by atoms with Crippen molar-refractivity contribution >= 4 is 29.2 Å². The van der Waals surface area contributed by atoms with Crippen LogP contribution in [0.3, 0.4) is 0 Å². The molecule has 0 bridgehead atoms. The predicted octanol–water partition coefficient (Wildman–Crippen LogP) is 2.98. The van der Waals surface area contributed by atoms with E-state index >= 15 is 0 Å². The van der Waals surface area contributed by atoms with E-state index in [4.69, 9.17) is 26.8 Å². The highest BCUT2D eigenvalue weighted by molar-refractivity contribution is 6.31. The van der Waals surface area contributed by atoms with Gasteiger partial charge in [0.25, 0.3) is 18.4 Å². The number of benzene rings is 1. The van der Waals surface area contributed by atoms with Crippen molar-refractivity contribution in [3.8, 4) is 17.7 Å². The zero-order chi connectivity index (χ0) is 22.9. The number of hydrogen-bond acceptors (Lipinski definition) is 7. The van der Waals surface area contributed by atoms with E-state index in [-0.39, 0.29) is 40.5 Å². The largest absolute Gasteiger partial charge is 0.463 e. The van der Waals surface area contributed by atoms with E-state index in [0.29, 0.717) is 6.42 Å². The van der Waals surface area contributed by atoms with E-state index in [1.54, 1.807) is 6.92 Å². The number of nitrogens with one attached hydrogen (secondary N) is 1. The fourth-order valence-corrected chi connectivity index (χ4v) is 3.86. The molecule has 0 radical (unpaired) electrons. The van der Waals surface area contributed by atoms with Crippen LogP contribution in [0, 0.1) is 17.8 Å². The molecule has 3 N–H and O–H groups in total. The molecule has 0 saturated heterocycles. The van der Waals surface area contributed by atoms with E-state index in [1.807, 2.05) is 0 Å². The summed E-state index contributed by atoms with van der Waals surface area (Å²) in [5.41, 5.74) is 4.03. The van der Waals surface area contributed by atoms with Crippen LogP contribution in [0.25, 0.3) is 0 Å². The van der Waals surface area contributed by atoms with Crippen molar-refractivity contribution in [1.82, 2.24) is 9.97 Å². The topological polar surface area (TPSA) is 112 Å². The first-order valence-corrected chi connectivity index (χ1v) is 9.99. The number of halogens is 3. The summed E-state index contributed by atoms with van der Waals surface area (Å²) < 4.78 is 39.1. The molecular formula is C21H18ClF2N5O3. The van der Waals surface area contributed by atoms with Crippen LogP contribution in [0.5, 0.6) is 5.88 Å². The molecule has 1 aliphatic carbocycles. The summed E-state index contributed by atoms with van der Waals surface area (Å²) in [6.45, 7) is 1.83. The van der Waals surface area contributed by atoms with Gasteiger partial charge < -0.3 is 20.5 Å². The highest BCUT2D eigenvalue weighted by Gasteiger charge is 2.64. The second kappa shape index (κ2) is 8.59. The van der Waals surface area contributed by atoms with Gasteiger partial charge in [0.2, 0.25) is 5.88 Å². The van der Waals surface area contributed by atoms with E-state index in [2.05, 4.69) is 32.1 Å². The van der Waals surface area contributed by atoms with Crippen molar-refractivity contribution in [1.29, 1.82) is 0 Å². The zero-order valence-electron chi connectivity index (χ0n) is 16.8. The van der Waals surface area contributed by atoms with Gasteiger partial charge in [0.15, 0.2) is 12.1 Å². The minimum Gasteiger partial charge on any atom is -0.463 e. The van der Waals surface area contributed by atoms with Crippen molar-refractivity contribution in [2.75, 3.05) is 11.9 Å². The molecule has 1 aromatic carbocycles. The Balaban J connectivity index is 1.57. The van der Waals surface area contributed by atoms with Gasteiger partial charge in [0.05, 0.1) is 12.4 Å². The molecule has 32 heavy (non-hydrogen) atoms. The number of amides is 1. The maximum absolute atomic E-state index is 14.3. The van der Waals surface area contributed by atoms with Gasteiger partial charge in [-0.05, 0) is 31.5 Å². The Kier molecular flexibility index (Phi) is 5.84. The average Bonchev–Trinajstić information content (AvgIpc) is 3.54. The summed E-state index contributed by atoms with van der Waals surface area (Å²) in [7, 11) is 0. The fraction of sp³-hybridized carbons (Fsp3) is 0.333. The van der Waals surface area contributed by atoms with Gasteiger partial charge in [0.1, 0.15) is 11.8 Å². The van der Waals surface area contributed by atoms with Crippen molar-refractivity contribution in [3.05, 3.63) is 46.9 Å². The molecule has 1 unspecified atom stereocenters. The zero-order valence-corrected chi connectivity index (χ0v) is 17.6. The molecule has 1 fully saturated rings. The number of nitrogens with zero attached hydrogens (tertiary/aromatic N) is 3. The summed E-state index contributed by atoms with van der Waals surface area (Å²) in [5.74, 6) is 4.46. The Labute approximate surface area is 187 Å². The smallest absolute Gasteiger partial charge is 0.283 e. The van der Waals surface area contributed by atoms with Crippen LogP contribution in [0.15, 0.2) is 35.6 Å². The van der Waals surface area contributed by atoms with Gasteiger partial charge in [-0.3, -0.25) is 4.79 Å². The third kappa shape index (κ3) is 4.03. The van der Waals surface area contributed by atoms with Crippen LogP contribution < -0.4 is 15.8 Å². The molecule has 1 aliphatic heterocycles. The summed E-state index contributed by atoms with van der Waals surface area (Å²) >= 11 is 6.28. The predicted molar refractivity (Wildman–Crippen MR) is 113 cm³/mol. The summed E-state index contributed by atoms with van der Waals surface area (Å²) in [6.07, 6.45) is -0.401. The summed E-state index contributed by atoms with van der Waals surface area (Å²) in [6, 6.07) is 3.98. The van der Waals surface area contributed by atoms with Crippen LogP contribution in [0.1, 0.15) is 29.4 Å². The first kappa shape index (κ1) is 21.8. The number of aromatic nitrogens is 2. The van der Waals surface area contributed by atoms with E-state index in [0.717, 1.165) is 0 Å². The highest BCUT2D eigenvalue weighted by Crippen LogP contribution is 2.57. The van der Waals surface area contributed by atoms with Crippen molar-refractivity contribution in [2.45, 2.75) is 31.4 Å². The van der Waals surface area contributed by atoms with E-state index in [9.17, 15) is 13.6 Å². The van der Waals surface area contributed by atoms with Gasteiger partial charge >= 0.3 is 0 Å². The molecule has 2 heterocycles. The number of nitrogens with two attached hydrogens (primary N) is 1. The molecule has 2 aromatic rings. The lowest BCUT2D eigenvalue weighted by Gasteiger charge is -2.33. The van der Waals surface area contributed by atoms with E-state index < -0.39 is 29.9 Å². The lowest BCUT2D eigenvalue weighted by Crippen LogP contribution is -2.43. The number of carbonyl (C=O) groups excluding carboxylic acids is 1. The van der Waals surface area contributed by atoms with Crippen molar-refractivity contribution in [3.63, 3.8) is 0 Å². The summed E-state index contributed by atoms with van der Waals surface area (Å²) in [4.78, 5) is 24.5. The monoisotopic (exact) mass is 461 g/mol. The lowest BCUT2D eigenvalue weighted by molar-refractivity contribution is 0.0197. The molecule has 1 amide bonds. The number of ether oxygens (including phenoxy) is 2. The molecule has 0 spiro atoms. The van der Waals surface area contributed by atoms with Gasteiger partial charge in [-0.15, -0.1) is 5.92 Å². The van der Waals surface area contributed by atoms with Crippen LogP contribution in [-0.2, 0) is 10.3 Å². The molecule has 3 atom stereocenters. The van der Waals surface area contributed by atoms with Gasteiger partial charge in [-0.25, -0.2) is 23.7 Å². The van der Waals surface area contributed by atoms with Gasteiger partial charge in [0, 0.05) is 22.2 Å². The number of rotatable bonds is 6. The number of carbonyl (C=O) groups is 1. The Morgan fingerprint density at radius 3 is 2.94 bits per heavy atom. The van der Waals surface area contributed by atoms with Gasteiger partial charge in [-0.1, -0.05) is 17.5 Å². The maximum Gasteiger partial charge on any atom is 0.283 e. The minimum absolute atomic E-state index is 0.00888. The number of hydrogen-bond donors (Lipinski definition) is 2. The van der Waals surface area contributed by atoms with E-state index in [1.165, 1.54) is 30.6 Å². The number of amidine groups is 1. The summed E-state index contributed by atoms with van der Waals surface area (Å²) in [5, 5.41) is 2.70. The molecule has 8 nitrogen and oxygen atoms in total. The number of anilines is 1. The first-order chi connectivity index (χ1) is 15.3. The molecule has 11 heteroatoms. The first-order valence-electron chi connectivity index (χ1n) is 9.61. The molecule has 4 rings (SSSR count). The third-order valence-corrected chi connectivity index (χ3v) is 5.51. The number of alkyl halides is 2. The minimum atomic E-state index is -2.88. The Morgan fingerprint density at radius 1 is 1.44 bits per heavy atom. The quantitative estimate of drug-likeness (QED) is 0.640. The van der Waals surface area contributed by atoms with Gasteiger partial charge in [-0.2, -0.15) is 0 Å². The van der Waals surface area contributed by atoms with Crippen LogP contribution in [0.4, 0.5) is 14.5 Å². The Bertz CT molecular complexity index is 1130. The highest BCUT2D eigenvalue weighted by atomic mass is 35.5. The van der Waals surface area contributed by atoms with Crippen LogP contribution >= 0.6 is 11.6 Å². The molecular weight excluding hydrogens is 444 g/mol. The van der Waals surface area contributed by atoms with Crippen molar-refractivity contribution in [2.24, 2.45) is 16.6 Å². The second-order valence-corrected chi connectivity index (χ2v) is 7.59. The molecule has 1 aromatic heterocycles.